The first-order valence-corrected chi connectivity index (χ1v) is 7.08. The summed E-state index contributed by atoms with van der Waals surface area (Å²) in [7, 11) is 0. The molecule has 3 N–H and O–H groups in total. The second-order valence-electron chi connectivity index (χ2n) is 5.10. The fraction of sp³-hybridized carbons (Fsp3) is 0.333. The fourth-order valence-electron chi connectivity index (χ4n) is 2.24. The Morgan fingerprint density at radius 2 is 2.16 bits per heavy atom. The van der Waals surface area contributed by atoms with Gasteiger partial charge in [0.25, 0.3) is 0 Å². The van der Waals surface area contributed by atoms with E-state index in [-0.39, 0.29) is 0 Å². The number of nitrogens with zero attached hydrogens (tertiary/aromatic N) is 1. The van der Waals surface area contributed by atoms with Crippen LogP contribution in [0.4, 0.5) is 5.82 Å². The van der Waals surface area contributed by atoms with Gasteiger partial charge in [0.15, 0.2) is 0 Å². The van der Waals surface area contributed by atoms with Gasteiger partial charge in [0.1, 0.15) is 10.8 Å². The molecule has 0 unspecified atom stereocenters. The Kier molecular flexibility index (Phi) is 3.34. The predicted octanol–water partition coefficient (Wildman–Crippen LogP) is 3.08. The molecule has 3 nitrogen and oxygen atoms in total. The molecule has 4 heteroatoms. The molecule has 19 heavy (non-hydrogen) atoms. The van der Waals surface area contributed by atoms with Crippen molar-refractivity contribution in [2.24, 2.45) is 11.7 Å². The van der Waals surface area contributed by atoms with E-state index in [4.69, 9.17) is 18.0 Å². The number of nitrogens with two attached hydrogens (primary N) is 1. The van der Waals surface area contributed by atoms with E-state index in [0.29, 0.717) is 4.99 Å². The zero-order chi connectivity index (χ0) is 13.2. The Balaban J connectivity index is 1.89. The standard InChI is InChI=1S/C15H17N3S/c16-14(19)12-9-11-3-1-2-4-13(11)18-15(12)17-8-7-10-5-6-10/h1-4,9-10H,5-8H2,(H2,16,19)(H,17,18). The van der Waals surface area contributed by atoms with Gasteiger partial charge in [-0.3, -0.25) is 0 Å². The Bertz CT molecular complexity index is 620. The van der Waals surface area contributed by atoms with Gasteiger partial charge in [-0.15, -0.1) is 0 Å². The summed E-state index contributed by atoms with van der Waals surface area (Å²) in [6, 6.07) is 10.0. The predicted molar refractivity (Wildman–Crippen MR) is 83.5 cm³/mol. The van der Waals surface area contributed by atoms with Crippen molar-refractivity contribution in [3.63, 3.8) is 0 Å². The Labute approximate surface area is 118 Å². The van der Waals surface area contributed by atoms with Crippen LogP contribution in [-0.2, 0) is 0 Å². The minimum Gasteiger partial charge on any atom is -0.389 e. The van der Waals surface area contributed by atoms with Crippen molar-refractivity contribution >= 4 is 33.9 Å². The molecule has 0 spiro atoms. The molecule has 2 aromatic rings. The summed E-state index contributed by atoms with van der Waals surface area (Å²) in [6.07, 6.45) is 3.94. The lowest BCUT2D eigenvalue weighted by atomic mass is 10.1. The molecule has 0 radical (unpaired) electrons. The number of fused-ring (bicyclic) bond motifs is 1. The minimum absolute atomic E-state index is 0.396. The van der Waals surface area contributed by atoms with Crippen molar-refractivity contribution in [2.45, 2.75) is 19.3 Å². The molecule has 1 aliphatic carbocycles. The highest BCUT2D eigenvalue weighted by atomic mass is 32.1. The maximum absolute atomic E-state index is 5.80. The summed E-state index contributed by atoms with van der Waals surface area (Å²) < 4.78 is 0. The maximum atomic E-state index is 5.80. The number of para-hydroxylation sites is 1. The third-order valence-electron chi connectivity index (χ3n) is 3.53. The van der Waals surface area contributed by atoms with E-state index >= 15 is 0 Å². The van der Waals surface area contributed by atoms with Gasteiger partial charge in [0.2, 0.25) is 0 Å². The van der Waals surface area contributed by atoms with E-state index < -0.39 is 0 Å². The third-order valence-corrected chi connectivity index (χ3v) is 3.75. The quantitative estimate of drug-likeness (QED) is 0.821. The van der Waals surface area contributed by atoms with Crippen molar-refractivity contribution in [3.8, 4) is 0 Å². The van der Waals surface area contributed by atoms with E-state index in [0.717, 1.165) is 34.7 Å². The fourth-order valence-corrected chi connectivity index (χ4v) is 2.40. The van der Waals surface area contributed by atoms with Crippen LogP contribution in [0.1, 0.15) is 24.8 Å². The third kappa shape index (κ3) is 2.84. The number of hydrogen-bond acceptors (Lipinski definition) is 3. The molecule has 1 aromatic carbocycles. The first kappa shape index (κ1) is 12.4. The highest BCUT2D eigenvalue weighted by molar-refractivity contribution is 7.80. The number of anilines is 1. The van der Waals surface area contributed by atoms with Crippen LogP contribution in [0.5, 0.6) is 0 Å². The van der Waals surface area contributed by atoms with Crippen molar-refractivity contribution in [3.05, 3.63) is 35.9 Å². The zero-order valence-electron chi connectivity index (χ0n) is 10.7. The first-order chi connectivity index (χ1) is 9.24. The molecule has 3 rings (SSSR count). The van der Waals surface area contributed by atoms with Crippen molar-refractivity contribution < 1.29 is 0 Å². The van der Waals surface area contributed by atoms with Gasteiger partial charge in [0, 0.05) is 11.9 Å². The van der Waals surface area contributed by atoms with Gasteiger partial charge in [-0.1, -0.05) is 43.3 Å². The summed E-state index contributed by atoms with van der Waals surface area (Å²) >= 11 is 5.12. The summed E-state index contributed by atoms with van der Waals surface area (Å²) in [5, 5.41) is 4.45. The van der Waals surface area contributed by atoms with E-state index in [2.05, 4.69) is 10.3 Å². The van der Waals surface area contributed by atoms with Crippen LogP contribution in [0.2, 0.25) is 0 Å². The minimum atomic E-state index is 0.396. The van der Waals surface area contributed by atoms with Crippen molar-refractivity contribution in [1.82, 2.24) is 4.98 Å². The molecule has 1 fully saturated rings. The number of thiocarbonyl (C=S) groups is 1. The van der Waals surface area contributed by atoms with E-state index in [9.17, 15) is 0 Å². The van der Waals surface area contributed by atoms with Gasteiger partial charge >= 0.3 is 0 Å². The van der Waals surface area contributed by atoms with Crippen molar-refractivity contribution in [2.75, 3.05) is 11.9 Å². The van der Waals surface area contributed by atoms with Gasteiger partial charge in [0.05, 0.1) is 11.1 Å². The smallest absolute Gasteiger partial charge is 0.136 e. The Hall–Kier alpha value is -1.68. The molecule has 1 saturated carbocycles. The van der Waals surface area contributed by atoms with Gasteiger partial charge in [-0.05, 0) is 24.5 Å². The largest absolute Gasteiger partial charge is 0.389 e. The highest BCUT2D eigenvalue weighted by Crippen LogP contribution is 2.32. The van der Waals surface area contributed by atoms with Gasteiger partial charge in [-0.25, -0.2) is 4.98 Å². The van der Waals surface area contributed by atoms with Crippen LogP contribution in [0.15, 0.2) is 30.3 Å². The molecule has 0 amide bonds. The summed E-state index contributed by atoms with van der Waals surface area (Å²) in [5.41, 5.74) is 7.61. The topological polar surface area (TPSA) is 50.9 Å². The van der Waals surface area contributed by atoms with Crippen LogP contribution in [0.25, 0.3) is 10.9 Å². The molecule has 0 atom stereocenters. The van der Waals surface area contributed by atoms with Crippen LogP contribution >= 0.6 is 12.2 Å². The van der Waals surface area contributed by atoms with Crippen LogP contribution in [-0.4, -0.2) is 16.5 Å². The molecular weight excluding hydrogens is 254 g/mol. The highest BCUT2D eigenvalue weighted by Gasteiger charge is 2.20. The summed E-state index contributed by atoms with van der Waals surface area (Å²) in [6.45, 7) is 0.936. The van der Waals surface area contributed by atoms with Gasteiger partial charge in [-0.2, -0.15) is 0 Å². The first-order valence-electron chi connectivity index (χ1n) is 6.67. The molecule has 1 heterocycles. The molecule has 0 aliphatic heterocycles. The van der Waals surface area contributed by atoms with Crippen LogP contribution < -0.4 is 11.1 Å². The number of benzene rings is 1. The molecule has 1 aliphatic rings. The molecule has 1 aromatic heterocycles. The van der Waals surface area contributed by atoms with E-state index in [1.165, 1.54) is 19.3 Å². The summed E-state index contributed by atoms with van der Waals surface area (Å²) in [5.74, 6) is 1.72. The maximum Gasteiger partial charge on any atom is 0.136 e. The molecule has 0 bridgehead atoms. The monoisotopic (exact) mass is 271 g/mol. The normalized spacial score (nSPS) is 14.5. The van der Waals surface area contributed by atoms with E-state index in [1.54, 1.807) is 0 Å². The molecular formula is C15H17N3S. The number of hydrogen-bond donors (Lipinski definition) is 2. The second-order valence-corrected chi connectivity index (χ2v) is 5.54. The SMILES string of the molecule is NC(=S)c1cc2ccccc2nc1NCCC1CC1. The molecule has 0 saturated heterocycles. The van der Waals surface area contributed by atoms with Crippen molar-refractivity contribution in [1.29, 1.82) is 0 Å². The van der Waals surface area contributed by atoms with Crippen LogP contribution in [0.3, 0.4) is 0 Å². The Morgan fingerprint density at radius 1 is 1.37 bits per heavy atom. The average Bonchev–Trinajstić information content (AvgIpc) is 3.22. The zero-order valence-corrected chi connectivity index (χ0v) is 11.5. The molecule has 98 valence electrons. The lowest BCUT2D eigenvalue weighted by molar-refractivity contribution is 0.758. The number of nitrogens with one attached hydrogen (secondary N) is 1. The van der Waals surface area contributed by atoms with Crippen LogP contribution in [0, 0.1) is 5.92 Å². The lowest BCUT2D eigenvalue weighted by Crippen LogP contribution is -2.15. The number of pyridine rings is 1. The Morgan fingerprint density at radius 3 is 2.89 bits per heavy atom. The average molecular weight is 271 g/mol. The number of aromatic nitrogens is 1. The van der Waals surface area contributed by atoms with Gasteiger partial charge < -0.3 is 11.1 Å². The lowest BCUT2D eigenvalue weighted by Gasteiger charge is -2.11. The summed E-state index contributed by atoms with van der Waals surface area (Å²) in [4.78, 5) is 5.03. The second kappa shape index (κ2) is 5.13. The van der Waals surface area contributed by atoms with E-state index in [1.807, 2.05) is 30.3 Å². The number of rotatable bonds is 5.